The largest absolute Gasteiger partial charge is 0.872 e. The summed E-state index contributed by atoms with van der Waals surface area (Å²) >= 11 is 0. The smallest absolute Gasteiger partial charge is 0.306 e. The Hall–Kier alpha value is -1.59. The molecule has 0 radical (unpaired) electrons. The Morgan fingerprint density at radius 3 is 2.03 bits per heavy atom. The number of unbranched alkanes of at least 4 members (excludes halogenated alkanes) is 5. The predicted octanol–water partition coefficient (Wildman–Crippen LogP) is 6.78. The minimum absolute atomic E-state index is 0.129. The van der Waals surface area contributed by atoms with Crippen molar-refractivity contribution in [3.8, 4) is 5.75 Å². The number of hydrogen-bond acceptors (Lipinski definition) is 4. The van der Waals surface area contributed by atoms with Gasteiger partial charge in [0.2, 0.25) is 0 Å². The molecule has 1 aromatic rings. The van der Waals surface area contributed by atoms with Crippen LogP contribution < -0.4 is 5.11 Å². The van der Waals surface area contributed by atoms with E-state index in [-0.39, 0.29) is 22.5 Å². The van der Waals surface area contributed by atoms with Gasteiger partial charge in [-0.15, -0.1) is 5.75 Å². The second kappa shape index (κ2) is 14.5. The average molecular weight is 518 g/mol. The summed E-state index contributed by atoms with van der Waals surface area (Å²) in [7, 11) is 0. The highest BCUT2D eigenvalue weighted by molar-refractivity contribution is 5.69. The van der Waals surface area contributed by atoms with Crippen molar-refractivity contribution < 1.29 is 23.9 Å². The van der Waals surface area contributed by atoms with Gasteiger partial charge in [-0.3, -0.25) is 9.28 Å². The number of rotatable bonds is 15. The molecule has 2 rings (SSSR count). The first kappa shape index (κ1) is 31.6. The van der Waals surface area contributed by atoms with Crippen molar-refractivity contribution in [3.63, 3.8) is 0 Å². The van der Waals surface area contributed by atoms with Crippen LogP contribution in [0.1, 0.15) is 123 Å². The van der Waals surface area contributed by atoms with Gasteiger partial charge in [0.15, 0.2) is 6.73 Å². The van der Waals surface area contributed by atoms with Gasteiger partial charge in [0.05, 0.1) is 19.7 Å². The molecule has 212 valence electrons. The third-order valence-electron chi connectivity index (χ3n) is 7.73. The van der Waals surface area contributed by atoms with Crippen LogP contribution in [0.5, 0.6) is 5.75 Å². The maximum Gasteiger partial charge on any atom is 0.306 e. The highest BCUT2D eigenvalue weighted by atomic mass is 16.5. The van der Waals surface area contributed by atoms with Gasteiger partial charge in [-0.2, -0.15) is 0 Å². The number of nitrogens with zero attached hydrogens (tertiary/aromatic N) is 1. The zero-order valence-corrected chi connectivity index (χ0v) is 25.0. The van der Waals surface area contributed by atoms with Crippen molar-refractivity contribution in [2.24, 2.45) is 0 Å². The Morgan fingerprint density at radius 2 is 1.46 bits per heavy atom. The van der Waals surface area contributed by atoms with Crippen molar-refractivity contribution in [3.05, 3.63) is 28.8 Å². The predicted molar refractivity (Wildman–Crippen MR) is 151 cm³/mol. The molecule has 0 unspecified atom stereocenters. The molecule has 0 amide bonds. The van der Waals surface area contributed by atoms with E-state index in [4.69, 9.17) is 9.47 Å². The van der Waals surface area contributed by atoms with Crippen LogP contribution in [0, 0.1) is 0 Å². The van der Waals surface area contributed by atoms with Crippen molar-refractivity contribution in [2.75, 3.05) is 39.6 Å². The van der Waals surface area contributed by atoms with Crippen molar-refractivity contribution in [2.45, 2.75) is 124 Å². The number of esters is 1. The first-order chi connectivity index (χ1) is 17.4. The molecule has 1 heterocycles. The molecule has 0 atom stereocenters. The zero-order chi connectivity index (χ0) is 27.5. The lowest BCUT2D eigenvalue weighted by atomic mass is 9.78. The fourth-order valence-electron chi connectivity index (χ4n) is 5.29. The Kier molecular flexibility index (Phi) is 12.4. The molecule has 0 aliphatic carbocycles. The lowest BCUT2D eigenvalue weighted by Gasteiger charge is -2.34. The number of ether oxygens (including phenoxy) is 2. The standard InChI is InChI=1S/C32H55NO4/c1-8-9-10-11-12-15-21-36-25-33(18-13-14-19-33)20-22-37-29(34)17-16-26-23-27(31(2,3)4)30(35)28(24-26)32(5,6)7/h23-24H,8-22,25H2,1-7H3. The highest BCUT2D eigenvalue weighted by Gasteiger charge is 2.32. The summed E-state index contributed by atoms with van der Waals surface area (Å²) in [6.07, 6.45) is 11.0. The quantitative estimate of drug-likeness (QED) is 0.146. The van der Waals surface area contributed by atoms with Crippen LogP contribution in [0.4, 0.5) is 0 Å². The van der Waals surface area contributed by atoms with Crippen LogP contribution in [0.2, 0.25) is 0 Å². The molecule has 1 fully saturated rings. The lowest BCUT2D eigenvalue weighted by Crippen LogP contribution is -2.49. The molecular weight excluding hydrogens is 462 g/mol. The second-order valence-electron chi connectivity index (χ2n) is 13.3. The van der Waals surface area contributed by atoms with Crippen LogP contribution in [-0.4, -0.2) is 50.0 Å². The van der Waals surface area contributed by atoms with Gasteiger partial charge in [0.25, 0.3) is 0 Å². The van der Waals surface area contributed by atoms with Crippen LogP contribution in [0.3, 0.4) is 0 Å². The van der Waals surface area contributed by atoms with Crippen molar-refractivity contribution in [1.29, 1.82) is 0 Å². The molecule has 0 spiro atoms. The minimum Gasteiger partial charge on any atom is -0.872 e. The molecule has 5 nitrogen and oxygen atoms in total. The van der Waals surface area contributed by atoms with E-state index in [0.29, 0.717) is 19.4 Å². The fourth-order valence-corrected chi connectivity index (χ4v) is 5.29. The summed E-state index contributed by atoms with van der Waals surface area (Å²) in [6.45, 7) is 19.7. The topological polar surface area (TPSA) is 58.6 Å². The van der Waals surface area contributed by atoms with Crippen LogP contribution in [0.15, 0.2) is 12.1 Å². The SMILES string of the molecule is CCCCCCCCOC[N+]1(CCOC(=O)CCc2cc(C(C)(C)C)c([O-])c(C(C)(C)C)c2)CCCC1. The van der Waals surface area contributed by atoms with Gasteiger partial charge in [-0.25, -0.2) is 0 Å². The van der Waals surface area contributed by atoms with E-state index in [0.717, 1.165) is 60.6 Å². The summed E-state index contributed by atoms with van der Waals surface area (Å²) in [5, 5.41) is 13.1. The minimum atomic E-state index is -0.238. The summed E-state index contributed by atoms with van der Waals surface area (Å²) in [4.78, 5) is 12.6. The normalized spacial score (nSPS) is 15.8. The molecule has 0 bridgehead atoms. The van der Waals surface area contributed by atoms with E-state index in [2.05, 4.69) is 48.5 Å². The number of quaternary nitrogens is 1. The van der Waals surface area contributed by atoms with Gasteiger partial charge < -0.3 is 14.6 Å². The van der Waals surface area contributed by atoms with Gasteiger partial charge >= 0.3 is 5.97 Å². The molecule has 1 aliphatic heterocycles. The van der Waals surface area contributed by atoms with E-state index in [1.165, 1.54) is 44.9 Å². The maximum atomic E-state index is 13.1. The molecule has 0 saturated carbocycles. The lowest BCUT2D eigenvalue weighted by molar-refractivity contribution is -0.935. The number of carbonyl (C=O) groups is 1. The molecule has 0 N–H and O–H groups in total. The first-order valence-electron chi connectivity index (χ1n) is 14.8. The Labute approximate surface area is 227 Å². The van der Waals surface area contributed by atoms with E-state index >= 15 is 0 Å². The third-order valence-corrected chi connectivity index (χ3v) is 7.73. The number of benzene rings is 1. The summed E-state index contributed by atoms with van der Waals surface area (Å²) in [5.41, 5.74) is 2.21. The average Bonchev–Trinajstić information content (AvgIpc) is 3.27. The molecule has 1 aromatic carbocycles. The zero-order valence-electron chi connectivity index (χ0n) is 25.0. The second-order valence-corrected chi connectivity index (χ2v) is 13.3. The van der Waals surface area contributed by atoms with E-state index in [9.17, 15) is 9.90 Å². The number of hydrogen-bond donors (Lipinski definition) is 0. The van der Waals surface area contributed by atoms with E-state index in [1.54, 1.807) is 0 Å². The van der Waals surface area contributed by atoms with E-state index in [1.807, 2.05) is 12.1 Å². The third kappa shape index (κ3) is 10.6. The summed E-state index contributed by atoms with van der Waals surface area (Å²) in [6, 6.07) is 3.99. The maximum absolute atomic E-state index is 13.1. The molecular formula is C32H55NO4. The molecule has 37 heavy (non-hydrogen) atoms. The van der Waals surface area contributed by atoms with Gasteiger partial charge in [-0.1, -0.05) is 92.7 Å². The monoisotopic (exact) mass is 517 g/mol. The van der Waals surface area contributed by atoms with Crippen LogP contribution in [0.25, 0.3) is 0 Å². The Bertz CT molecular complexity index is 793. The fraction of sp³-hybridized carbons (Fsp3) is 0.781. The Morgan fingerprint density at radius 1 is 0.892 bits per heavy atom. The number of carbonyl (C=O) groups excluding carboxylic acids is 1. The first-order valence-corrected chi connectivity index (χ1v) is 14.8. The number of likely N-dealkylation sites (tertiary alicyclic amines) is 1. The van der Waals surface area contributed by atoms with Crippen molar-refractivity contribution in [1.82, 2.24) is 0 Å². The van der Waals surface area contributed by atoms with Gasteiger partial charge in [-0.05, 0) is 40.4 Å². The van der Waals surface area contributed by atoms with Gasteiger partial charge in [0.1, 0.15) is 13.2 Å². The van der Waals surface area contributed by atoms with Gasteiger partial charge in [0, 0.05) is 19.3 Å². The summed E-state index contributed by atoms with van der Waals surface area (Å²) in [5.74, 6) is -0.0316. The number of aryl methyl sites for hydroxylation is 1. The molecule has 1 saturated heterocycles. The van der Waals surface area contributed by atoms with Crippen LogP contribution >= 0.6 is 0 Å². The highest BCUT2D eigenvalue weighted by Crippen LogP contribution is 2.38. The molecule has 1 aliphatic rings. The molecule has 5 heteroatoms. The van der Waals surface area contributed by atoms with Crippen molar-refractivity contribution >= 4 is 5.97 Å². The van der Waals surface area contributed by atoms with E-state index < -0.39 is 0 Å². The Balaban J connectivity index is 1.82. The summed E-state index contributed by atoms with van der Waals surface area (Å²) < 4.78 is 12.7. The van der Waals surface area contributed by atoms with Crippen LogP contribution in [-0.2, 0) is 31.5 Å². The molecule has 0 aromatic heterocycles.